The molecular formula is C17H17N3. The fourth-order valence-corrected chi connectivity index (χ4v) is 2.33. The highest BCUT2D eigenvalue weighted by Gasteiger charge is 2.23. The number of benzene rings is 1. The van der Waals surface area contributed by atoms with Crippen LogP contribution in [0, 0.1) is 25.2 Å². The van der Waals surface area contributed by atoms with Crippen LogP contribution < -0.4 is 5.32 Å². The third-order valence-corrected chi connectivity index (χ3v) is 3.59. The average Bonchev–Trinajstić information content (AvgIpc) is 3.23. The van der Waals surface area contributed by atoms with Crippen molar-refractivity contribution in [3.63, 3.8) is 0 Å². The van der Waals surface area contributed by atoms with Crippen molar-refractivity contribution in [2.24, 2.45) is 0 Å². The number of pyridine rings is 1. The first kappa shape index (κ1) is 12.7. The number of hydrogen-bond donors (Lipinski definition) is 1. The Morgan fingerprint density at radius 3 is 2.65 bits per heavy atom. The molecule has 3 rings (SSSR count). The van der Waals surface area contributed by atoms with Crippen LogP contribution in [0.2, 0.25) is 0 Å². The van der Waals surface area contributed by atoms with Crippen LogP contribution in [-0.4, -0.2) is 11.0 Å². The minimum atomic E-state index is 0.490. The van der Waals surface area contributed by atoms with Gasteiger partial charge in [-0.2, -0.15) is 5.26 Å². The molecule has 1 aliphatic carbocycles. The molecule has 2 aromatic rings. The molecule has 1 fully saturated rings. The van der Waals surface area contributed by atoms with Crippen LogP contribution in [0.3, 0.4) is 0 Å². The quantitative estimate of drug-likeness (QED) is 0.916. The van der Waals surface area contributed by atoms with Crippen LogP contribution in [0.15, 0.2) is 30.3 Å². The molecule has 3 heteroatoms. The van der Waals surface area contributed by atoms with Crippen LogP contribution in [0.4, 0.5) is 5.82 Å². The van der Waals surface area contributed by atoms with E-state index in [0.717, 1.165) is 11.3 Å². The Morgan fingerprint density at radius 1 is 1.20 bits per heavy atom. The summed E-state index contributed by atoms with van der Waals surface area (Å²) in [5.74, 6) is 0.715. The minimum absolute atomic E-state index is 0.490. The van der Waals surface area contributed by atoms with Gasteiger partial charge >= 0.3 is 0 Å². The summed E-state index contributed by atoms with van der Waals surface area (Å²) in [5.41, 5.74) is 5.12. The summed E-state index contributed by atoms with van der Waals surface area (Å²) < 4.78 is 0. The number of nitrogens with one attached hydrogen (secondary N) is 1. The second-order valence-electron chi connectivity index (χ2n) is 5.44. The lowest BCUT2D eigenvalue weighted by molar-refractivity contribution is 1.11. The Balaban J connectivity index is 2.03. The maximum absolute atomic E-state index is 9.17. The van der Waals surface area contributed by atoms with Gasteiger partial charge in [-0.25, -0.2) is 4.98 Å². The van der Waals surface area contributed by atoms with E-state index in [9.17, 15) is 5.26 Å². The maximum atomic E-state index is 9.17. The monoisotopic (exact) mass is 263 g/mol. The van der Waals surface area contributed by atoms with Crippen LogP contribution in [0.5, 0.6) is 0 Å². The zero-order valence-corrected chi connectivity index (χ0v) is 11.8. The van der Waals surface area contributed by atoms with Crippen LogP contribution in [0.1, 0.15) is 29.5 Å². The standard InChI is InChI=1S/C17H17N3/c1-11-3-7-15(12(2)9-11)16-8-4-13(10-18)17(20-16)19-14-5-6-14/h3-4,7-9,14H,5-6H2,1-2H3,(H,19,20). The Bertz CT molecular complexity index is 694. The maximum Gasteiger partial charge on any atom is 0.144 e. The molecule has 0 unspecified atom stereocenters. The zero-order chi connectivity index (χ0) is 14.1. The van der Waals surface area contributed by atoms with Gasteiger partial charge in [0.15, 0.2) is 0 Å². The second-order valence-corrected chi connectivity index (χ2v) is 5.44. The lowest BCUT2D eigenvalue weighted by Crippen LogP contribution is -2.06. The van der Waals surface area contributed by atoms with E-state index in [2.05, 4.69) is 48.4 Å². The number of nitriles is 1. The molecule has 0 spiro atoms. The lowest BCUT2D eigenvalue weighted by Gasteiger charge is -2.10. The second kappa shape index (κ2) is 4.97. The van der Waals surface area contributed by atoms with Gasteiger partial charge in [0.05, 0.1) is 11.3 Å². The third kappa shape index (κ3) is 2.50. The fourth-order valence-electron chi connectivity index (χ4n) is 2.33. The van der Waals surface area contributed by atoms with E-state index in [0.29, 0.717) is 17.4 Å². The van der Waals surface area contributed by atoms with Gasteiger partial charge in [-0.3, -0.25) is 0 Å². The van der Waals surface area contributed by atoms with Crippen molar-refractivity contribution in [2.75, 3.05) is 5.32 Å². The average molecular weight is 263 g/mol. The molecule has 3 nitrogen and oxygen atoms in total. The summed E-state index contributed by atoms with van der Waals surface area (Å²) in [4.78, 5) is 4.65. The van der Waals surface area contributed by atoms with Crippen LogP contribution in [-0.2, 0) is 0 Å². The molecular weight excluding hydrogens is 246 g/mol. The highest BCUT2D eigenvalue weighted by Crippen LogP contribution is 2.29. The van der Waals surface area contributed by atoms with Gasteiger partial charge in [0.25, 0.3) is 0 Å². The largest absolute Gasteiger partial charge is 0.366 e. The predicted octanol–water partition coefficient (Wildman–Crippen LogP) is 3.81. The van der Waals surface area contributed by atoms with Crippen molar-refractivity contribution in [3.8, 4) is 17.3 Å². The van der Waals surface area contributed by atoms with Gasteiger partial charge in [0.1, 0.15) is 11.9 Å². The molecule has 20 heavy (non-hydrogen) atoms. The summed E-state index contributed by atoms with van der Waals surface area (Å²) in [7, 11) is 0. The summed E-state index contributed by atoms with van der Waals surface area (Å²) in [6.07, 6.45) is 2.33. The van der Waals surface area contributed by atoms with E-state index in [1.807, 2.05) is 12.1 Å². The van der Waals surface area contributed by atoms with Gasteiger partial charge < -0.3 is 5.32 Å². The smallest absolute Gasteiger partial charge is 0.144 e. The van der Waals surface area contributed by atoms with Gasteiger partial charge in [0, 0.05) is 11.6 Å². The van der Waals surface area contributed by atoms with Gasteiger partial charge in [-0.1, -0.05) is 23.8 Å². The molecule has 100 valence electrons. The number of hydrogen-bond acceptors (Lipinski definition) is 3. The van der Waals surface area contributed by atoms with Crippen LogP contribution in [0.25, 0.3) is 11.3 Å². The first-order valence-electron chi connectivity index (χ1n) is 6.92. The molecule has 1 N–H and O–H groups in total. The lowest BCUT2D eigenvalue weighted by atomic mass is 10.0. The van der Waals surface area contributed by atoms with E-state index < -0.39 is 0 Å². The Kier molecular flexibility index (Phi) is 3.15. The molecule has 1 heterocycles. The van der Waals surface area contributed by atoms with Crippen molar-refractivity contribution in [3.05, 3.63) is 47.0 Å². The third-order valence-electron chi connectivity index (χ3n) is 3.59. The molecule has 1 saturated carbocycles. The van der Waals surface area contributed by atoms with E-state index in [4.69, 9.17) is 0 Å². The van der Waals surface area contributed by atoms with Crippen LogP contribution >= 0.6 is 0 Å². The van der Waals surface area contributed by atoms with E-state index in [-0.39, 0.29) is 0 Å². The summed E-state index contributed by atoms with van der Waals surface area (Å²) in [6, 6.07) is 12.8. The summed E-state index contributed by atoms with van der Waals surface area (Å²) in [6.45, 7) is 4.18. The van der Waals surface area contributed by atoms with Crippen molar-refractivity contribution < 1.29 is 0 Å². The van der Waals surface area contributed by atoms with Gasteiger partial charge in [0.2, 0.25) is 0 Å². The Hall–Kier alpha value is -2.34. The van der Waals surface area contributed by atoms with Crippen molar-refractivity contribution >= 4 is 5.82 Å². The van der Waals surface area contributed by atoms with Crippen molar-refractivity contribution in [1.82, 2.24) is 4.98 Å². The molecule has 0 radical (unpaired) electrons. The van der Waals surface area contributed by atoms with Gasteiger partial charge in [-0.05, 0) is 44.4 Å². The minimum Gasteiger partial charge on any atom is -0.366 e. The molecule has 1 aliphatic rings. The predicted molar refractivity (Wildman–Crippen MR) is 80.5 cm³/mol. The number of nitrogens with zero attached hydrogens (tertiary/aromatic N) is 2. The molecule has 0 amide bonds. The normalized spacial score (nSPS) is 13.8. The number of rotatable bonds is 3. The highest BCUT2D eigenvalue weighted by atomic mass is 15.0. The highest BCUT2D eigenvalue weighted by molar-refractivity contribution is 5.68. The Morgan fingerprint density at radius 2 is 2.00 bits per heavy atom. The summed E-state index contributed by atoms with van der Waals surface area (Å²) >= 11 is 0. The first-order chi connectivity index (χ1) is 9.67. The van der Waals surface area contributed by atoms with Crippen molar-refractivity contribution in [1.29, 1.82) is 5.26 Å². The Labute approximate surface area is 119 Å². The van der Waals surface area contributed by atoms with Crippen molar-refractivity contribution in [2.45, 2.75) is 32.7 Å². The van der Waals surface area contributed by atoms with E-state index in [1.54, 1.807) is 0 Å². The molecule has 1 aromatic carbocycles. The number of anilines is 1. The number of aromatic nitrogens is 1. The van der Waals surface area contributed by atoms with E-state index >= 15 is 0 Å². The SMILES string of the molecule is Cc1ccc(-c2ccc(C#N)c(NC3CC3)n2)c(C)c1. The van der Waals surface area contributed by atoms with E-state index in [1.165, 1.54) is 24.0 Å². The first-order valence-corrected chi connectivity index (χ1v) is 6.92. The zero-order valence-electron chi connectivity index (χ0n) is 11.8. The fraction of sp³-hybridized carbons (Fsp3) is 0.294. The van der Waals surface area contributed by atoms with Gasteiger partial charge in [-0.15, -0.1) is 0 Å². The number of aryl methyl sites for hydroxylation is 2. The molecule has 0 atom stereocenters. The molecule has 0 aliphatic heterocycles. The molecule has 1 aromatic heterocycles. The molecule has 0 saturated heterocycles. The topological polar surface area (TPSA) is 48.7 Å². The molecule has 0 bridgehead atoms. The summed E-state index contributed by atoms with van der Waals surface area (Å²) in [5, 5.41) is 12.5.